The molecule has 0 bridgehead atoms. The van der Waals surface area contributed by atoms with E-state index in [1.165, 1.54) is 22.7 Å². The molecule has 0 fully saturated rings. The van der Waals surface area contributed by atoms with Crippen LogP contribution in [0.5, 0.6) is 0 Å². The van der Waals surface area contributed by atoms with Gasteiger partial charge in [-0.3, -0.25) is 14.9 Å². The van der Waals surface area contributed by atoms with E-state index in [4.69, 9.17) is 0 Å². The highest BCUT2D eigenvalue weighted by Gasteiger charge is 2.16. The van der Waals surface area contributed by atoms with Crippen LogP contribution < -0.4 is 5.56 Å². The fourth-order valence-corrected chi connectivity index (χ4v) is 2.98. The Labute approximate surface area is 147 Å². The van der Waals surface area contributed by atoms with E-state index in [2.05, 4.69) is 4.98 Å². The average molecular weight is 346 g/mol. The molecule has 2 heterocycles. The van der Waals surface area contributed by atoms with Crippen molar-refractivity contribution in [3.05, 3.63) is 92.9 Å². The molecule has 128 valence electrons. The predicted molar refractivity (Wildman–Crippen MR) is 97.6 cm³/mol. The summed E-state index contributed by atoms with van der Waals surface area (Å²) in [6, 6.07) is 19.0. The second-order valence-corrected chi connectivity index (χ2v) is 5.89. The Hall–Kier alpha value is -3.74. The molecular formula is C19H14N4O3. The SMILES string of the molecule is Cc1cc(=O)n2c(cc(-c3ccccc3)n2-c2ccc([N+](=O)[O-])cc2)n1. The van der Waals surface area contributed by atoms with Crippen LogP contribution in [0, 0.1) is 17.0 Å². The maximum atomic E-state index is 12.6. The topological polar surface area (TPSA) is 82.4 Å². The number of aromatic nitrogens is 3. The third kappa shape index (κ3) is 2.55. The lowest BCUT2D eigenvalue weighted by Gasteiger charge is -2.11. The molecule has 2 aromatic carbocycles. The van der Waals surface area contributed by atoms with Crippen LogP contribution in [-0.2, 0) is 0 Å². The van der Waals surface area contributed by atoms with Gasteiger partial charge in [0, 0.05) is 35.5 Å². The molecule has 0 amide bonds. The second-order valence-electron chi connectivity index (χ2n) is 5.89. The molecule has 0 N–H and O–H groups in total. The highest BCUT2D eigenvalue weighted by atomic mass is 16.6. The number of nitro groups is 1. The van der Waals surface area contributed by atoms with Crippen LogP contribution >= 0.6 is 0 Å². The first-order valence-electron chi connectivity index (χ1n) is 7.97. The molecule has 0 saturated heterocycles. The molecule has 0 spiro atoms. The molecule has 7 heteroatoms. The van der Waals surface area contributed by atoms with E-state index in [9.17, 15) is 14.9 Å². The van der Waals surface area contributed by atoms with Crippen LogP contribution in [0.2, 0.25) is 0 Å². The zero-order chi connectivity index (χ0) is 18.3. The van der Waals surface area contributed by atoms with E-state index < -0.39 is 4.92 Å². The summed E-state index contributed by atoms with van der Waals surface area (Å²) in [5.74, 6) is 0. The van der Waals surface area contributed by atoms with E-state index in [-0.39, 0.29) is 11.2 Å². The highest BCUT2D eigenvalue weighted by Crippen LogP contribution is 2.26. The van der Waals surface area contributed by atoms with Crippen molar-refractivity contribution >= 4 is 11.3 Å². The van der Waals surface area contributed by atoms with Gasteiger partial charge in [-0.25, -0.2) is 9.67 Å². The molecule has 0 aliphatic rings. The summed E-state index contributed by atoms with van der Waals surface area (Å²) in [7, 11) is 0. The van der Waals surface area contributed by atoms with E-state index in [1.54, 1.807) is 23.7 Å². The van der Waals surface area contributed by atoms with E-state index >= 15 is 0 Å². The molecule has 0 saturated carbocycles. The van der Waals surface area contributed by atoms with Gasteiger partial charge < -0.3 is 0 Å². The molecule has 4 aromatic rings. The van der Waals surface area contributed by atoms with Gasteiger partial charge in [0.1, 0.15) is 0 Å². The third-order valence-corrected chi connectivity index (χ3v) is 4.12. The van der Waals surface area contributed by atoms with Crippen molar-refractivity contribution in [3.63, 3.8) is 0 Å². The van der Waals surface area contributed by atoms with Gasteiger partial charge in [-0.2, -0.15) is 4.52 Å². The highest BCUT2D eigenvalue weighted by molar-refractivity contribution is 5.67. The Balaban J connectivity index is 2.05. The first-order valence-corrected chi connectivity index (χ1v) is 7.97. The Morgan fingerprint density at radius 3 is 2.35 bits per heavy atom. The minimum Gasteiger partial charge on any atom is -0.267 e. The van der Waals surface area contributed by atoms with Gasteiger partial charge in [-0.1, -0.05) is 30.3 Å². The number of hydrogen-bond donors (Lipinski definition) is 0. The Morgan fingerprint density at radius 1 is 1.00 bits per heavy atom. The summed E-state index contributed by atoms with van der Waals surface area (Å²) in [5, 5.41) is 10.9. The molecule has 0 atom stereocenters. The number of fused-ring (bicyclic) bond motifs is 1. The number of aryl methyl sites for hydroxylation is 1. The smallest absolute Gasteiger partial charge is 0.267 e. The minimum absolute atomic E-state index is 0.00668. The van der Waals surface area contributed by atoms with Crippen molar-refractivity contribution in [1.29, 1.82) is 0 Å². The van der Waals surface area contributed by atoms with Crippen molar-refractivity contribution in [2.24, 2.45) is 0 Å². The summed E-state index contributed by atoms with van der Waals surface area (Å²) in [6.07, 6.45) is 0. The zero-order valence-corrected chi connectivity index (χ0v) is 13.9. The number of non-ortho nitro benzene ring substituents is 1. The largest absolute Gasteiger partial charge is 0.273 e. The second kappa shape index (κ2) is 5.96. The molecule has 0 unspecified atom stereocenters. The first kappa shape index (κ1) is 15.8. The summed E-state index contributed by atoms with van der Waals surface area (Å²) in [4.78, 5) is 27.5. The minimum atomic E-state index is -0.452. The van der Waals surface area contributed by atoms with Crippen molar-refractivity contribution in [2.45, 2.75) is 6.92 Å². The molecule has 2 aromatic heterocycles. The van der Waals surface area contributed by atoms with Gasteiger partial charge in [0.15, 0.2) is 5.65 Å². The fraction of sp³-hybridized carbons (Fsp3) is 0.0526. The number of hydrogen-bond acceptors (Lipinski definition) is 4. The number of nitrogens with zero attached hydrogens (tertiary/aromatic N) is 4. The fourth-order valence-electron chi connectivity index (χ4n) is 2.98. The average Bonchev–Trinajstić information content (AvgIpc) is 3.02. The maximum Gasteiger partial charge on any atom is 0.273 e. The van der Waals surface area contributed by atoms with Crippen LogP contribution in [0.3, 0.4) is 0 Å². The van der Waals surface area contributed by atoms with Crippen LogP contribution in [-0.4, -0.2) is 19.1 Å². The van der Waals surface area contributed by atoms with Crippen molar-refractivity contribution < 1.29 is 4.92 Å². The monoisotopic (exact) mass is 346 g/mol. The van der Waals surface area contributed by atoms with Crippen molar-refractivity contribution in [2.75, 3.05) is 0 Å². The molecule has 4 rings (SSSR count). The normalized spacial score (nSPS) is 11.0. The lowest BCUT2D eigenvalue weighted by molar-refractivity contribution is -0.384. The lowest BCUT2D eigenvalue weighted by Crippen LogP contribution is -2.20. The van der Waals surface area contributed by atoms with Crippen molar-refractivity contribution in [3.8, 4) is 16.9 Å². The van der Waals surface area contributed by atoms with Gasteiger partial charge in [0.05, 0.1) is 16.3 Å². The molecule has 0 aliphatic carbocycles. The number of nitro benzene ring substituents is 1. The molecule has 0 aliphatic heterocycles. The van der Waals surface area contributed by atoms with Gasteiger partial charge in [0.25, 0.3) is 11.2 Å². The van der Waals surface area contributed by atoms with Gasteiger partial charge in [0.2, 0.25) is 0 Å². The lowest BCUT2D eigenvalue weighted by atomic mass is 10.1. The van der Waals surface area contributed by atoms with Gasteiger partial charge in [-0.05, 0) is 19.1 Å². The molecule has 0 radical (unpaired) electrons. The number of benzene rings is 2. The van der Waals surface area contributed by atoms with Gasteiger partial charge >= 0.3 is 0 Å². The maximum absolute atomic E-state index is 12.6. The number of rotatable bonds is 3. The van der Waals surface area contributed by atoms with Crippen LogP contribution in [0.25, 0.3) is 22.6 Å². The Kier molecular flexibility index (Phi) is 3.62. The van der Waals surface area contributed by atoms with Gasteiger partial charge in [-0.15, -0.1) is 0 Å². The summed E-state index contributed by atoms with van der Waals surface area (Å²) < 4.78 is 3.19. The predicted octanol–water partition coefficient (Wildman–Crippen LogP) is 3.37. The van der Waals surface area contributed by atoms with Crippen LogP contribution in [0.4, 0.5) is 5.69 Å². The molecule has 26 heavy (non-hydrogen) atoms. The van der Waals surface area contributed by atoms with Crippen LogP contribution in [0.15, 0.2) is 71.5 Å². The molecule has 7 nitrogen and oxygen atoms in total. The Bertz CT molecular complexity index is 1180. The standard InChI is InChI=1S/C19H14N4O3/c1-13-11-19(24)22-18(20-13)12-17(14-5-3-2-4-6-14)21(22)15-7-9-16(10-8-15)23(25)26/h2-12H,1H3. The van der Waals surface area contributed by atoms with E-state index in [1.807, 2.05) is 36.4 Å². The zero-order valence-electron chi connectivity index (χ0n) is 13.9. The van der Waals surface area contributed by atoms with Crippen LogP contribution in [0.1, 0.15) is 5.69 Å². The summed E-state index contributed by atoms with van der Waals surface area (Å²) >= 11 is 0. The summed E-state index contributed by atoms with van der Waals surface area (Å²) in [5.41, 5.74) is 3.25. The Morgan fingerprint density at radius 2 is 1.69 bits per heavy atom. The van der Waals surface area contributed by atoms with E-state index in [0.29, 0.717) is 17.0 Å². The van der Waals surface area contributed by atoms with E-state index in [0.717, 1.165) is 11.3 Å². The third-order valence-electron chi connectivity index (χ3n) is 4.12. The summed E-state index contributed by atoms with van der Waals surface area (Å²) in [6.45, 7) is 1.77. The first-order chi connectivity index (χ1) is 12.5. The quantitative estimate of drug-likeness (QED) is 0.421. The van der Waals surface area contributed by atoms with Crippen molar-refractivity contribution in [1.82, 2.24) is 14.2 Å². The molecular weight excluding hydrogens is 332 g/mol.